The Kier molecular flexibility index (Phi) is 2.74. The summed E-state index contributed by atoms with van der Waals surface area (Å²) < 4.78 is 5.92. The second kappa shape index (κ2) is 4.21. The Morgan fingerprint density at radius 2 is 1.28 bits per heavy atom. The van der Waals surface area contributed by atoms with Crippen LogP contribution in [-0.4, -0.2) is 36.2 Å². The summed E-state index contributed by atoms with van der Waals surface area (Å²) in [5, 5.41) is 0. The number of ether oxygens (including phenoxy) is 1. The lowest BCUT2D eigenvalue weighted by atomic mass is 9.54. The van der Waals surface area contributed by atoms with Gasteiger partial charge in [-0.3, -0.25) is 4.90 Å². The lowest BCUT2D eigenvalue weighted by Gasteiger charge is -2.58. The number of nitrogens with zero attached hydrogens (tertiary/aromatic N) is 1. The highest BCUT2D eigenvalue weighted by Crippen LogP contribution is 2.55. The number of morpholine rings is 1. The molecule has 0 radical (unpaired) electrons. The van der Waals surface area contributed by atoms with Gasteiger partial charge < -0.3 is 4.74 Å². The van der Waals surface area contributed by atoms with E-state index in [1.54, 1.807) is 6.42 Å². The summed E-state index contributed by atoms with van der Waals surface area (Å²) in [4.78, 5) is 2.81. The molecule has 0 aromatic rings. The van der Waals surface area contributed by atoms with Crippen molar-refractivity contribution in [1.29, 1.82) is 0 Å². The van der Waals surface area contributed by atoms with Crippen LogP contribution in [0.5, 0.6) is 0 Å². The van der Waals surface area contributed by atoms with Crippen molar-refractivity contribution in [1.82, 2.24) is 4.90 Å². The highest BCUT2D eigenvalue weighted by Gasteiger charge is 2.50. The van der Waals surface area contributed by atoms with Crippen LogP contribution in [0.25, 0.3) is 0 Å². The minimum absolute atomic E-state index is 0.436. The first kappa shape index (κ1) is 11.7. The predicted molar refractivity (Wildman–Crippen MR) is 72.4 cm³/mol. The Morgan fingerprint density at radius 1 is 0.778 bits per heavy atom. The van der Waals surface area contributed by atoms with Crippen LogP contribution in [0.15, 0.2) is 0 Å². The van der Waals surface area contributed by atoms with Gasteiger partial charge in [0.25, 0.3) is 0 Å². The molecule has 1 aliphatic heterocycles. The van der Waals surface area contributed by atoms with Gasteiger partial charge in [0.15, 0.2) is 0 Å². The lowest BCUT2D eigenvalue weighted by molar-refractivity contribution is -0.130. The molecule has 102 valence electrons. The summed E-state index contributed by atoms with van der Waals surface area (Å²) in [7, 11) is 0. The van der Waals surface area contributed by atoms with E-state index in [0.29, 0.717) is 12.2 Å². The van der Waals surface area contributed by atoms with Crippen molar-refractivity contribution >= 4 is 0 Å². The van der Waals surface area contributed by atoms with Crippen LogP contribution in [0.4, 0.5) is 0 Å². The van der Waals surface area contributed by atoms with Crippen molar-refractivity contribution in [2.45, 2.75) is 64.2 Å². The van der Waals surface area contributed by atoms with E-state index in [2.05, 4.69) is 18.7 Å². The Hall–Kier alpha value is -0.0800. The molecule has 0 spiro atoms. The molecule has 1 saturated heterocycles. The molecule has 2 atom stereocenters. The van der Waals surface area contributed by atoms with Gasteiger partial charge in [0.1, 0.15) is 0 Å². The van der Waals surface area contributed by atoms with Crippen molar-refractivity contribution < 1.29 is 4.74 Å². The molecule has 2 heteroatoms. The van der Waals surface area contributed by atoms with Gasteiger partial charge in [0.2, 0.25) is 0 Å². The van der Waals surface area contributed by atoms with Gasteiger partial charge in [0, 0.05) is 19.1 Å². The lowest BCUT2D eigenvalue weighted by Crippen LogP contribution is -2.60. The molecule has 4 aliphatic carbocycles. The molecule has 5 aliphatic rings. The van der Waals surface area contributed by atoms with E-state index >= 15 is 0 Å². The molecule has 5 rings (SSSR count). The molecule has 1 heterocycles. The second-order valence-electron chi connectivity index (χ2n) is 7.63. The first-order chi connectivity index (χ1) is 8.69. The first-order valence-electron chi connectivity index (χ1n) is 8.08. The maximum absolute atomic E-state index is 5.92. The fourth-order valence-corrected chi connectivity index (χ4v) is 5.95. The van der Waals surface area contributed by atoms with Crippen molar-refractivity contribution in [3.63, 3.8) is 0 Å². The Labute approximate surface area is 111 Å². The van der Waals surface area contributed by atoms with Crippen LogP contribution in [0.3, 0.4) is 0 Å². The average molecular weight is 249 g/mol. The minimum Gasteiger partial charge on any atom is -0.373 e. The molecule has 2 unspecified atom stereocenters. The third-order valence-corrected chi connectivity index (χ3v) is 6.05. The molecular weight excluding hydrogens is 222 g/mol. The van der Waals surface area contributed by atoms with Crippen LogP contribution in [0, 0.1) is 23.7 Å². The Morgan fingerprint density at radius 3 is 1.78 bits per heavy atom. The van der Waals surface area contributed by atoms with Crippen LogP contribution in [-0.2, 0) is 4.74 Å². The van der Waals surface area contributed by atoms with E-state index in [4.69, 9.17) is 4.74 Å². The number of hydrogen-bond donors (Lipinski definition) is 0. The third-order valence-electron chi connectivity index (χ3n) is 6.05. The quantitative estimate of drug-likeness (QED) is 0.708. The summed E-state index contributed by atoms with van der Waals surface area (Å²) in [5.41, 5.74) is 0. The van der Waals surface area contributed by atoms with Crippen molar-refractivity contribution in [3.05, 3.63) is 0 Å². The van der Waals surface area contributed by atoms with Crippen LogP contribution in [0.1, 0.15) is 46.0 Å². The first-order valence-corrected chi connectivity index (χ1v) is 8.08. The highest BCUT2D eigenvalue weighted by molar-refractivity contribution is 5.03. The van der Waals surface area contributed by atoms with Gasteiger partial charge in [-0.1, -0.05) is 0 Å². The SMILES string of the molecule is CC1CN(C2C3CC4CC(C3)CC2C4)CC(C)O1. The molecule has 0 amide bonds. The maximum atomic E-state index is 5.92. The van der Waals surface area contributed by atoms with E-state index in [0.717, 1.165) is 29.7 Å². The van der Waals surface area contributed by atoms with Gasteiger partial charge in [-0.15, -0.1) is 0 Å². The predicted octanol–water partition coefficient (Wildman–Crippen LogP) is 2.92. The zero-order valence-corrected chi connectivity index (χ0v) is 11.8. The van der Waals surface area contributed by atoms with Crippen LogP contribution < -0.4 is 0 Å². The molecule has 0 N–H and O–H groups in total. The van der Waals surface area contributed by atoms with Gasteiger partial charge >= 0.3 is 0 Å². The largest absolute Gasteiger partial charge is 0.373 e. The molecular formula is C16H27NO. The molecule has 2 nitrogen and oxygen atoms in total. The van der Waals surface area contributed by atoms with E-state index in [1.807, 2.05) is 0 Å². The fourth-order valence-electron chi connectivity index (χ4n) is 5.95. The summed E-state index contributed by atoms with van der Waals surface area (Å²) in [6.07, 6.45) is 8.60. The van der Waals surface area contributed by atoms with Gasteiger partial charge in [0.05, 0.1) is 12.2 Å². The number of rotatable bonds is 1. The van der Waals surface area contributed by atoms with E-state index in [9.17, 15) is 0 Å². The van der Waals surface area contributed by atoms with Gasteiger partial charge in [-0.05, 0) is 69.6 Å². The van der Waals surface area contributed by atoms with Gasteiger partial charge in [-0.25, -0.2) is 0 Å². The minimum atomic E-state index is 0.436. The number of hydrogen-bond acceptors (Lipinski definition) is 2. The Bertz CT molecular complexity index is 291. The Balaban J connectivity index is 1.54. The maximum Gasteiger partial charge on any atom is 0.0678 e. The van der Waals surface area contributed by atoms with Crippen LogP contribution >= 0.6 is 0 Å². The van der Waals surface area contributed by atoms with Crippen LogP contribution in [0.2, 0.25) is 0 Å². The third kappa shape index (κ3) is 1.84. The molecule has 0 aromatic carbocycles. The van der Waals surface area contributed by atoms with E-state index < -0.39 is 0 Å². The van der Waals surface area contributed by atoms with Gasteiger partial charge in [-0.2, -0.15) is 0 Å². The molecule has 0 aromatic heterocycles. The van der Waals surface area contributed by atoms with Crippen molar-refractivity contribution in [2.24, 2.45) is 23.7 Å². The fraction of sp³-hybridized carbons (Fsp3) is 1.00. The molecule has 18 heavy (non-hydrogen) atoms. The topological polar surface area (TPSA) is 12.5 Å². The average Bonchev–Trinajstić information content (AvgIpc) is 2.25. The standard InChI is InChI=1S/C16H27NO/c1-10-8-17(9-11(2)18-10)16-14-4-12-3-13(6-14)7-15(16)5-12/h10-16H,3-9H2,1-2H3. The molecule has 4 bridgehead atoms. The normalized spacial score (nSPS) is 56.0. The summed E-state index contributed by atoms with van der Waals surface area (Å²) >= 11 is 0. The smallest absolute Gasteiger partial charge is 0.0678 e. The van der Waals surface area contributed by atoms with Crippen molar-refractivity contribution in [3.8, 4) is 0 Å². The monoisotopic (exact) mass is 249 g/mol. The van der Waals surface area contributed by atoms with E-state index in [1.165, 1.54) is 38.8 Å². The molecule has 4 saturated carbocycles. The zero-order chi connectivity index (χ0) is 12.3. The van der Waals surface area contributed by atoms with E-state index in [-0.39, 0.29) is 0 Å². The second-order valence-corrected chi connectivity index (χ2v) is 7.63. The molecule has 5 fully saturated rings. The summed E-state index contributed by atoms with van der Waals surface area (Å²) in [6.45, 7) is 6.85. The zero-order valence-electron chi connectivity index (χ0n) is 11.8. The highest BCUT2D eigenvalue weighted by atomic mass is 16.5. The summed E-state index contributed by atoms with van der Waals surface area (Å²) in [5.74, 6) is 4.25. The summed E-state index contributed by atoms with van der Waals surface area (Å²) in [6, 6.07) is 0.909. The van der Waals surface area contributed by atoms with Crippen molar-refractivity contribution in [2.75, 3.05) is 13.1 Å².